The molecule has 1 aromatic carbocycles. The molecule has 0 amide bonds. The minimum atomic E-state index is -0.249. The van der Waals surface area contributed by atoms with E-state index in [2.05, 4.69) is 27.7 Å². The molecule has 0 aliphatic carbocycles. The summed E-state index contributed by atoms with van der Waals surface area (Å²) >= 11 is 0. The molecule has 106 valence electrons. The SMILES string of the molecule is CC(C)COCCC(=O)Oc1ccc(C(C)C)cc1. The summed E-state index contributed by atoms with van der Waals surface area (Å²) in [5.41, 5.74) is 1.24. The molecule has 1 rings (SSSR count). The molecule has 0 heterocycles. The van der Waals surface area contributed by atoms with Gasteiger partial charge in [-0.2, -0.15) is 0 Å². The predicted octanol–water partition coefficient (Wildman–Crippen LogP) is 3.78. The zero-order chi connectivity index (χ0) is 14.3. The molecule has 0 aliphatic heterocycles. The molecule has 0 aliphatic rings. The first-order valence-corrected chi connectivity index (χ1v) is 6.87. The fraction of sp³-hybridized carbons (Fsp3) is 0.562. The molecule has 0 bridgehead atoms. The van der Waals surface area contributed by atoms with Crippen molar-refractivity contribution in [3.63, 3.8) is 0 Å². The van der Waals surface area contributed by atoms with Crippen LogP contribution in [0.3, 0.4) is 0 Å². The van der Waals surface area contributed by atoms with Crippen LogP contribution in [-0.4, -0.2) is 19.2 Å². The zero-order valence-electron chi connectivity index (χ0n) is 12.3. The van der Waals surface area contributed by atoms with Crippen molar-refractivity contribution in [2.75, 3.05) is 13.2 Å². The number of esters is 1. The summed E-state index contributed by atoms with van der Waals surface area (Å²) in [5, 5.41) is 0. The maximum atomic E-state index is 11.6. The van der Waals surface area contributed by atoms with E-state index in [4.69, 9.17) is 9.47 Å². The van der Waals surface area contributed by atoms with Gasteiger partial charge in [-0.15, -0.1) is 0 Å². The third-order valence-electron chi connectivity index (χ3n) is 2.68. The summed E-state index contributed by atoms with van der Waals surface area (Å²) in [6.45, 7) is 9.51. The van der Waals surface area contributed by atoms with Gasteiger partial charge in [0.15, 0.2) is 0 Å². The van der Waals surface area contributed by atoms with Crippen LogP contribution in [0, 0.1) is 5.92 Å². The van der Waals surface area contributed by atoms with Gasteiger partial charge < -0.3 is 9.47 Å². The monoisotopic (exact) mass is 264 g/mol. The van der Waals surface area contributed by atoms with Crippen molar-refractivity contribution < 1.29 is 14.3 Å². The van der Waals surface area contributed by atoms with Gasteiger partial charge in [-0.05, 0) is 29.5 Å². The van der Waals surface area contributed by atoms with E-state index in [1.807, 2.05) is 24.3 Å². The van der Waals surface area contributed by atoms with Crippen LogP contribution in [0.15, 0.2) is 24.3 Å². The standard InChI is InChI=1S/C16H24O3/c1-12(2)11-18-10-9-16(17)19-15-7-5-14(6-8-15)13(3)4/h5-8,12-13H,9-11H2,1-4H3. The topological polar surface area (TPSA) is 35.5 Å². The van der Waals surface area contributed by atoms with Crippen molar-refractivity contribution in [3.8, 4) is 5.75 Å². The molecule has 0 unspecified atom stereocenters. The lowest BCUT2D eigenvalue weighted by Gasteiger charge is -2.08. The van der Waals surface area contributed by atoms with Gasteiger partial charge in [0.25, 0.3) is 0 Å². The summed E-state index contributed by atoms with van der Waals surface area (Å²) in [6, 6.07) is 7.65. The second-order valence-corrected chi connectivity index (χ2v) is 5.42. The van der Waals surface area contributed by atoms with Crippen LogP contribution in [0.5, 0.6) is 5.75 Å². The average molecular weight is 264 g/mol. The van der Waals surface area contributed by atoms with Gasteiger partial charge in [-0.1, -0.05) is 39.8 Å². The average Bonchev–Trinajstić information content (AvgIpc) is 2.35. The second kappa shape index (κ2) is 7.95. The van der Waals surface area contributed by atoms with Crippen molar-refractivity contribution >= 4 is 5.97 Å². The summed E-state index contributed by atoms with van der Waals surface area (Å²) in [6.07, 6.45) is 0.290. The molecule has 0 aromatic heterocycles. The van der Waals surface area contributed by atoms with Crippen molar-refractivity contribution in [2.24, 2.45) is 5.92 Å². The number of hydrogen-bond acceptors (Lipinski definition) is 3. The van der Waals surface area contributed by atoms with E-state index < -0.39 is 0 Å². The number of carbonyl (C=O) groups excluding carboxylic acids is 1. The Morgan fingerprint density at radius 1 is 1.11 bits per heavy atom. The fourth-order valence-corrected chi connectivity index (χ4v) is 1.58. The lowest BCUT2D eigenvalue weighted by Crippen LogP contribution is -2.12. The molecular formula is C16H24O3. The molecule has 0 saturated heterocycles. The van der Waals surface area contributed by atoms with Gasteiger partial charge in [-0.3, -0.25) is 4.79 Å². The lowest BCUT2D eigenvalue weighted by atomic mass is 10.0. The van der Waals surface area contributed by atoms with Crippen LogP contribution in [-0.2, 0) is 9.53 Å². The summed E-state index contributed by atoms with van der Waals surface area (Å²) in [5.74, 6) is 1.31. The van der Waals surface area contributed by atoms with E-state index in [1.165, 1.54) is 5.56 Å². The highest BCUT2D eigenvalue weighted by Gasteiger charge is 2.06. The number of rotatable bonds is 7. The van der Waals surface area contributed by atoms with Crippen LogP contribution in [0.4, 0.5) is 0 Å². The molecule has 0 N–H and O–H groups in total. The normalized spacial score (nSPS) is 11.1. The Labute approximate surface area is 115 Å². The van der Waals surface area contributed by atoms with Crippen LogP contribution in [0.25, 0.3) is 0 Å². The van der Waals surface area contributed by atoms with Gasteiger partial charge in [0.2, 0.25) is 0 Å². The van der Waals surface area contributed by atoms with E-state index in [0.29, 0.717) is 37.2 Å². The molecule has 19 heavy (non-hydrogen) atoms. The minimum absolute atomic E-state index is 0.249. The minimum Gasteiger partial charge on any atom is -0.426 e. The van der Waals surface area contributed by atoms with Gasteiger partial charge >= 0.3 is 5.97 Å². The highest BCUT2D eigenvalue weighted by atomic mass is 16.5. The van der Waals surface area contributed by atoms with E-state index in [1.54, 1.807) is 0 Å². The maximum Gasteiger partial charge on any atom is 0.313 e. The van der Waals surface area contributed by atoms with Gasteiger partial charge in [0.05, 0.1) is 13.0 Å². The van der Waals surface area contributed by atoms with E-state index in [-0.39, 0.29) is 5.97 Å². The summed E-state index contributed by atoms with van der Waals surface area (Å²) < 4.78 is 10.6. The Bertz CT molecular complexity index is 379. The number of hydrogen-bond donors (Lipinski definition) is 0. The van der Waals surface area contributed by atoms with Crippen LogP contribution >= 0.6 is 0 Å². The molecule has 0 radical (unpaired) electrons. The van der Waals surface area contributed by atoms with E-state index in [0.717, 1.165) is 0 Å². The van der Waals surface area contributed by atoms with Crippen molar-refractivity contribution in [2.45, 2.75) is 40.0 Å². The largest absolute Gasteiger partial charge is 0.426 e. The highest BCUT2D eigenvalue weighted by Crippen LogP contribution is 2.18. The Morgan fingerprint density at radius 3 is 2.26 bits per heavy atom. The first-order chi connectivity index (χ1) is 8.99. The lowest BCUT2D eigenvalue weighted by molar-refractivity contribution is -0.135. The maximum absolute atomic E-state index is 11.6. The Kier molecular flexibility index (Phi) is 6.57. The van der Waals surface area contributed by atoms with Crippen LogP contribution in [0.1, 0.15) is 45.6 Å². The van der Waals surface area contributed by atoms with Crippen molar-refractivity contribution in [1.82, 2.24) is 0 Å². The van der Waals surface area contributed by atoms with Crippen LogP contribution in [0.2, 0.25) is 0 Å². The van der Waals surface area contributed by atoms with E-state index in [9.17, 15) is 4.79 Å². The molecule has 0 spiro atoms. The number of ether oxygens (including phenoxy) is 2. The van der Waals surface area contributed by atoms with Gasteiger partial charge in [-0.25, -0.2) is 0 Å². The third-order valence-corrected chi connectivity index (χ3v) is 2.68. The Balaban J connectivity index is 2.32. The second-order valence-electron chi connectivity index (χ2n) is 5.42. The van der Waals surface area contributed by atoms with Crippen molar-refractivity contribution in [3.05, 3.63) is 29.8 Å². The summed E-state index contributed by atoms with van der Waals surface area (Å²) in [4.78, 5) is 11.6. The highest BCUT2D eigenvalue weighted by molar-refractivity contribution is 5.72. The molecule has 0 fully saturated rings. The molecule has 3 heteroatoms. The first kappa shape index (κ1) is 15.7. The van der Waals surface area contributed by atoms with E-state index >= 15 is 0 Å². The molecule has 0 saturated carbocycles. The first-order valence-electron chi connectivity index (χ1n) is 6.87. The molecule has 1 aromatic rings. The van der Waals surface area contributed by atoms with Gasteiger partial charge in [0.1, 0.15) is 5.75 Å². The quantitative estimate of drug-likeness (QED) is 0.427. The predicted molar refractivity (Wildman–Crippen MR) is 76.4 cm³/mol. The number of benzene rings is 1. The molecule has 0 atom stereocenters. The molecule has 3 nitrogen and oxygen atoms in total. The van der Waals surface area contributed by atoms with Gasteiger partial charge in [0, 0.05) is 6.61 Å². The summed E-state index contributed by atoms with van der Waals surface area (Å²) in [7, 11) is 0. The third kappa shape index (κ3) is 6.39. The smallest absolute Gasteiger partial charge is 0.313 e. The fourth-order valence-electron chi connectivity index (χ4n) is 1.58. The number of carbonyl (C=O) groups is 1. The zero-order valence-corrected chi connectivity index (χ0v) is 12.3. The van der Waals surface area contributed by atoms with Crippen molar-refractivity contribution in [1.29, 1.82) is 0 Å². The van der Waals surface area contributed by atoms with Crippen LogP contribution < -0.4 is 4.74 Å². The Hall–Kier alpha value is -1.35. The molecular weight excluding hydrogens is 240 g/mol. The Morgan fingerprint density at radius 2 is 1.74 bits per heavy atom.